The molecule has 0 saturated carbocycles. The Bertz CT molecular complexity index is 128. The molecule has 0 aromatic rings. The third-order valence-corrected chi connectivity index (χ3v) is 1.26. The van der Waals surface area contributed by atoms with Crippen LogP contribution in [0, 0.1) is 0 Å². The first-order valence-corrected chi connectivity index (χ1v) is 2.69. The predicted molar refractivity (Wildman–Crippen MR) is 29.0 cm³/mol. The van der Waals surface area contributed by atoms with Crippen molar-refractivity contribution in [1.29, 1.82) is 0 Å². The second-order valence-corrected chi connectivity index (χ2v) is 2.59. The lowest BCUT2D eigenvalue weighted by molar-refractivity contribution is -0.891. The van der Waals surface area contributed by atoms with Crippen molar-refractivity contribution in [3.05, 3.63) is 0 Å². The molecule has 3 nitrogen and oxygen atoms in total. The maximum Gasteiger partial charge on any atom is 0.107 e. The van der Waals surface area contributed by atoms with E-state index in [1.165, 1.54) is 0 Å². The molecule has 1 rings (SSSR count). The summed E-state index contributed by atoms with van der Waals surface area (Å²) in [6, 6.07) is 0. The molecule has 0 amide bonds. The average molecular weight is 114 g/mol. The van der Waals surface area contributed by atoms with Crippen molar-refractivity contribution in [1.82, 2.24) is 0 Å². The SMILES string of the molecule is C[N+]1(C)CCC([O-])=N1. The van der Waals surface area contributed by atoms with E-state index in [0.717, 1.165) is 6.54 Å². The van der Waals surface area contributed by atoms with E-state index in [1.807, 2.05) is 14.1 Å². The Morgan fingerprint density at radius 3 is 2.38 bits per heavy atom. The van der Waals surface area contributed by atoms with Gasteiger partial charge in [-0.2, -0.15) is 0 Å². The first kappa shape index (κ1) is 5.56. The van der Waals surface area contributed by atoms with E-state index < -0.39 is 0 Å². The van der Waals surface area contributed by atoms with Gasteiger partial charge in [-0.3, -0.25) is 0 Å². The summed E-state index contributed by atoms with van der Waals surface area (Å²) < 4.78 is 0.513. The fourth-order valence-corrected chi connectivity index (χ4v) is 0.771. The molecule has 0 radical (unpaired) electrons. The van der Waals surface area contributed by atoms with Crippen LogP contribution < -0.4 is 5.11 Å². The highest BCUT2D eigenvalue weighted by molar-refractivity contribution is 5.71. The highest BCUT2D eigenvalue weighted by Crippen LogP contribution is 2.07. The van der Waals surface area contributed by atoms with E-state index in [9.17, 15) is 5.11 Å². The molecule has 0 saturated heterocycles. The van der Waals surface area contributed by atoms with Crippen molar-refractivity contribution >= 4 is 5.90 Å². The molecule has 0 unspecified atom stereocenters. The van der Waals surface area contributed by atoms with Crippen LogP contribution in [0.3, 0.4) is 0 Å². The zero-order chi connectivity index (χ0) is 6.20. The normalized spacial score (nSPS) is 25.5. The lowest BCUT2D eigenvalue weighted by Crippen LogP contribution is -2.30. The predicted octanol–water partition coefficient (Wildman–Crippen LogP) is -0.860. The smallest absolute Gasteiger partial charge is 0.107 e. The van der Waals surface area contributed by atoms with Gasteiger partial charge in [0, 0.05) is 12.3 Å². The number of quaternary nitrogens is 1. The average Bonchev–Trinajstić information content (AvgIpc) is 1.82. The Balaban J connectivity index is 2.67. The summed E-state index contributed by atoms with van der Waals surface area (Å²) in [7, 11) is 3.84. The lowest BCUT2D eigenvalue weighted by Gasteiger charge is -2.15. The van der Waals surface area contributed by atoms with Crippen molar-refractivity contribution in [2.45, 2.75) is 6.42 Å². The Labute approximate surface area is 48.8 Å². The van der Waals surface area contributed by atoms with Crippen LogP contribution in [0.5, 0.6) is 0 Å². The number of nitrogens with zero attached hydrogens (tertiary/aromatic N) is 2. The molecule has 0 fully saturated rings. The summed E-state index contributed by atoms with van der Waals surface area (Å²) >= 11 is 0. The van der Waals surface area contributed by atoms with Gasteiger partial charge >= 0.3 is 0 Å². The van der Waals surface area contributed by atoms with Gasteiger partial charge in [0.25, 0.3) is 0 Å². The van der Waals surface area contributed by atoms with Gasteiger partial charge in [0.05, 0.1) is 14.1 Å². The largest absolute Gasteiger partial charge is 0.858 e. The van der Waals surface area contributed by atoms with Gasteiger partial charge in [-0.25, -0.2) is 4.59 Å². The molecule has 1 aliphatic rings. The fraction of sp³-hybridized carbons (Fsp3) is 0.800. The molecule has 0 spiro atoms. The quantitative estimate of drug-likeness (QED) is 0.377. The van der Waals surface area contributed by atoms with Gasteiger partial charge in [-0.1, -0.05) is 0 Å². The molecule has 0 bridgehead atoms. The summed E-state index contributed by atoms with van der Waals surface area (Å²) in [5.41, 5.74) is 0. The standard InChI is InChI=1S/C5H10N2O/c1-7(2)4-3-5(8)6-7/h3-4H2,1-2H3. The summed E-state index contributed by atoms with van der Waals surface area (Å²) in [4.78, 5) is 0. The van der Waals surface area contributed by atoms with Crippen LogP contribution in [0.15, 0.2) is 5.10 Å². The summed E-state index contributed by atoms with van der Waals surface area (Å²) in [6.45, 7) is 0.860. The van der Waals surface area contributed by atoms with Gasteiger partial charge < -0.3 is 5.11 Å². The van der Waals surface area contributed by atoms with Gasteiger partial charge in [-0.15, -0.1) is 5.10 Å². The monoisotopic (exact) mass is 114 g/mol. The number of rotatable bonds is 0. The van der Waals surface area contributed by atoms with Crippen molar-refractivity contribution in [2.24, 2.45) is 5.10 Å². The van der Waals surface area contributed by atoms with Crippen LogP contribution in [0.4, 0.5) is 0 Å². The third kappa shape index (κ3) is 0.980. The Hall–Kier alpha value is -0.570. The van der Waals surface area contributed by atoms with E-state index in [4.69, 9.17) is 0 Å². The van der Waals surface area contributed by atoms with Crippen LogP contribution in [-0.4, -0.2) is 31.1 Å². The van der Waals surface area contributed by atoms with Crippen molar-refractivity contribution in [3.63, 3.8) is 0 Å². The molecular weight excluding hydrogens is 104 g/mol. The molecule has 0 atom stereocenters. The highest BCUT2D eigenvalue weighted by Gasteiger charge is 2.18. The van der Waals surface area contributed by atoms with Crippen LogP contribution >= 0.6 is 0 Å². The minimum atomic E-state index is 0.0370. The summed E-state index contributed by atoms with van der Waals surface area (Å²) in [5.74, 6) is 0.0370. The zero-order valence-electron chi connectivity index (χ0n) is 5.22. The summed E-state index contributed by atoms with van der Waals surface area (Å²) in [6.07, 6.45) is 0.618. The maximum atomic E-state index is 10.5. The number of hydrogen-bond donors (Lipinski definition) is 0. The molecule has 0 aromatic carbocycles. The maximum absolute atomic E-state index is 10.5. The van der Waals surface area contributed by atoms with E-state index >= 15 is 0 Å². The first-order valence-electron chi connectivity index (χ1n) is 2.69. The molecule has 0 N–H and O–H groups in total. The van der Waals surface area contributed by atoms with Gasteiger partial charge in [0.2, 0.25) is 0 Å². The number of hydrogen-bond acceptors (Lipinski definition) is 2. The first-order chi connectivity index (χ1) is 3.60. The van der Waals surface area contributed by atoms with Crippen molar-refractivity contribution < 1.29 is 9.70 Å². The van der Waals surface area contributed by atoms with Crippen LogP contribution in [0.25, 0.3) is 0 Å². The van der Waals surface area contributed by atoms with E-state index in [0.29, 0.717) is 11.0 Å². The lowest BCUT2D eigenvalue weighted by atomic mass is 10.4. The third-order valence-electron chi connectivity index (χ3n) is 1.26. The fourth-order valence-electron chi connectivity index (χ4n) is 0.771. The van der Waals surface area contributed by atoms with E-state index in [1.54, 1.807) is 0 Å². The molecule has 8 heavy (non-hydrogen) atoms. The second-order valence-electron chi connectivity index (χ2n) is 2.59. The van der Waals surface area contributed by atoms with Gasteiger partial charge in [0.15, 0.2) is 0 Å². The van der Waals surface area contributed by atoms with Gasteiger partial charge in [0.1, 0.15) is 6.54 Å². The molecule has 1 aliphatic heterocycles. The van der Waals surface area contributed by atoms with Crippen LogP contribution in [0.2, 0.25) is 0 Å². The summed E-state index contributed by atoms with van der Waals surface area (Å²) in [5, 5.41) is 14.3. The molecule has 0 aromatic heterocycles. The molecule has 0 aliphatic carbocycles. The van der Waals surface area contributed by atoms with Crippen molar-refractivity contribution in [2.75, 3.05) is 20.6 Å². The Morgan fingerprint density at radius 2 is 2.25 bits per heavy atom. The Kier molecular flexibility index (Phi) is 1.01. The molecule has 3 heteroatoms. The topological polar surface area (TPSA) is 35.4 Å². The van der Waals surface area contributed by atoms with Crippen LogP contribution in [-0.2, 0) is 0 Å². The van der Waals surface area contributed by atoms with E-state index in [2.05, 4.69) is 5.10 Å². The highest BCUT2D eigenvalue weighted by atomic mass is 16.3. The van der Waals surface area contributed by atoms with Gasteiger partial charge in [-0.05, 0) is 0 Å². The second kappa shape index (κ2) is 1.45. The Morgan fingerprint density at radius 1 is 1.62 bits per heavy atom. The zero-order valence-corrected chi connectivity index (χ0v) is 5.22. The minimum absolute atomic E-state index is 0.0370. The molecule has 46 valence electrons. The minimum Gasteiger partial charge on any atom is -0.858 e. The molecule has 1 heterocycles. The van der Waals surface area contributed by atoms with E-state index in [-0.39, 0.29) is 5.90 Å². The van der Waals surface area contributed by atoms with Crippen LogP contribution in [0.1, 0.15) is 6.42 Å². The van der Waals surface area contributed by atoms with Crippen molar-refractivity contribution in [3.8, 4) is 0 Å². The molecular formula is C5H10N2O.